The summed E-state index contributed by atoms with van der Waals surface area (Å²) in [7, 11) is 0. The van der Waals surface area contributed by atoms with E-state index in [9.17, 15) is 18.0 Å². The number of amides is 1. The Morgan fingerprint density at radius 3 is 2.67 bits per heavy atom. The van der Waals surface area contributed by atoms with Gasteiger partial charge in [0.15, 0.2) is 0 Å². The quantitative estimate of drug-likeness (QED) is 0.926. The summed E-state index contributed by atoms with van der Waals surface area (Å²) >= 11 is 0. The summed E-state index contributed by atoms with van der Waals surface area (Å²) < 4.78 is 38.1. The Kier molecular flexibility index (Phi) is 4.44. The number of carbonyl (C=O) groups excluding carboxylic acids is 1. The van der Waals surface area contributed by atoms with Crippen LogP contribution in [0.2, 0.25) is 0 Å². The van der Waals surface area contributed by atoms with E-state index in [1.807, 2.05) is 12.1 Å². The Hall–Kier alpha value is -1.72. The van der Waals surface area contributed by atoms with E-state index in [1.165, 1.54) is 0 Å². The van der Waals surface area contributed by atoms with Gasteiger partial charge in [0.05, 0.1) is 5.92 Å². The number of para-hydroxylation sites is 1. The summed E-state index contributed by atoms with van der Waals surface area (Å²) in [6.45, 7) is 2.87. The van der Waals surface area contributed by atoms with E-state index in [4.69, 9.17) is 0 Å². The molecule has 2 rings (SSSR count). The summed E-state index contributed by atoms with van der Waals surface area (Å²) in [6, 6.07) is 7.25. The average Bonchev–Trinajstić information content (AvgIpc) is 2.78. The van der Waals surface area contributed by atoms with Gasteiger partial charge in [-0.05, 0) is 17.5 Å². The lowest BCUT2D eigenvalue weighted by Crippen LogP contribution is -2.43. The molecule has 21 heavy (non-hydrogen) atoms. The van der Waals surface area contributed by atoms with E-state index in [2.05, 4.69) is 5.32 Å². The Labute approximate surface area is 122 Å². The van der Waals surface area contributed by atoms with Crippen LogP contribution in [0.25, 0.3) is 0 Å². The van der Waals surface area contributed by atoms with Crippen LogP contribution in [0, 0.1) is 5.92 Å². The second-order valence-corrected chi connectivity index (χ2v) is 5.75. The summed E-state index contributed by atoms with van der Waals surface area (Å²) in [5.41, 5.74) is 1.60. The number of hydrogen-bond acceptors (Lipinski definition) is 2. The fourth-order valence-corrected chi connectivity index (χ4v) is 2.61. The van der Waals surface area contributed by atoms with Crippen LogP contribution < -0.4 is 5.32 Å². The minimum Gasteiger partial charge on any atom is -0.384 e. The van der Waals surface area contributed by atoms with Gasteiger partial charge in [0.1, 0.15) is 6.54 Å². The molecular formula is C15H19F3N2O. The third kappa shape index (κ3) is 3.89. The van der Waals surface area contributed by atoms with Crippen LogP contribution in [-0.4, -0.2) is 36.6 Å². The maximum Gasteiger partial charge on any atom is 0.406 e. The highest BCUT2D eigenvalue weighted by molar-refractivity contribution is 5.88. The highest BCUT2D eigenvalue weighted by Gasteiger charge is 2.37. The van der Waals surface area contributed by atoms with Gasteiger partial charge in [-0.2, -0.15) is 13.2 Å². The van der Waals surface area contributed by atoms with Crippen molar-refractivity contribution in [3.8, 4) is 0 Å². The molecule has 1 atom stereocenters. The molecule has 1 aromatic rings. The first-order chi connectivity index (χ1) is 9.78. The van der Waals surface area contributed by atoms with Crippen molar-refractivity contribution >= 4 is 11.6 Å². The van der Waals surface area contributed by atoms with Gasteiger partial charge in [-0.3, -0.25) is 4.79 Å². The molecule has 3 nitrogen and oxygen atoms in total. The molecule has 1 heterocycles. The molecule has 0 saturated carbocycles. The molecule has 1 aromatic carbocycles. The largest absolute Gasteiger partial charge is 0.406 e. The van der Waals surface area contributed by atoms with Crippen LogP contribution >= 0.6 is 0 Å². The molecule has 0 aliphatic carbocycles. The molecule has 0 bridgehead atoms. The lowest BCUT2D eigenvalue weighted by molar-refractivity contribution is -0.162. The van der Waals surface area contributed by atoms with E-state index < -0.39 is 24.5 Å². The van der Waals surface area contributed by atoms with Crippen molar-refractivity contribution in [1.29, 1.82) is 0 Å². The van der Waals surface area contributed by atoms with Gasteiger partial charge >= 0.3 is 6.18 Å². The van der Waals surface area contributed by atoms with Gasteiger partial charge in [-0.1, -0.05) is 32.0 Å². The van der Waals surface area contributed by atoms with Crippen molar-refractivity contribution in [3.63, 3.8) is 0 Å². The van der Waals surface area contributed by atoms with Crippen LogP contribution in [-0.2, 0) is 4.79 Å². The molecule has 0 fully saturated rings. The van der Waals surface area contributed by atoms with Crippen molar-refractivity contribution < 1.29 is 18.0 Å². The van der Waals surface area contributed by atoms with Gasteiger partial charge < -0.3 is 10.2 Å². The number of anilines is 1. The van der Waals surface area contributed by atoms with Gasteiger partial charge in [-0.25, -0.2) is 0 Å². The van der Waals surface area contributed by atoms with Gasteiger partial charge in [0.25, 0.3) is 0 Å². The fraction of sp³-hybridized carbons (Fsp3) is 0.533. The maximum atomic E-state index is 12.7. The van der Waals surface area contributed by atoms with E-state index >= 15 is 0 Å². The number of rotatable bonds is 4. The van der Waals surface area contributed by atoms with Gasteiger partial charge in [0, 0.05) is 18.8 Å². The number of benzene rings is 1. The number of halogens is 3. The third-order valence-electron chi connectivity index (χ3n) is 3.40. The maximum absolute atomic E-state index is 12.7. The number of carbonyl (C=O) groups is 1. The lowest BCUT2D eigenvalue weighted by atomic mass is 9.99. The van der Waals surface area contributed by atoms with Gasteiger partial charge in [-0.15, -0.1) is 0 Å². The van der Waals surface area contributed by atoms with Crippen molar-refractivity contribution in [2.45, 2.75) is 25.9 Å². The molecule has 1 N–H and O–H groups in total. The smallest absolute Gasteiger partial charge is 0.384 e. The number of nitrogens with one attached hydrogen (secondary N) is 1. The number of fused-ring (bicyclic) bond motifs is 1. The van der Waals surface area contributed by atoms with Crippen molar-refractivity contribution in [2.24, 2.45) is 5.92 Å². The normalized spacial score (nSPS) is 17.5. The summed E-state index contributed by atoms with van der Waals surface area (Å²) in [5, 5.41) is 3.07. The van der Waals surface area contributed by atoms with Gasteiger partial charge in [0.2, 0.25) is 5.91 Å². The summed E-state index contributed by atoms with van der Waals surface area (Å²) in [5.74, 6) is -1.01. The minimum atomic E-state index is -4.38. The van der Waals surface area contributed by atoms with Crippen molar-refractivity contribution in [2.75, 3.05) is 25.0 Å². The number of hydrogen-bond donors (Lipinski definition) is 1. The number of nitrogens with zero attached hydrogens (tertiary/aromatic N) is 1. The predicted octanol–water partition coefficient (Wildman–Crippen LogP) is 3.24. The van der Waals surface area contributed by atoms with Crippen molar-refractivity contribution in [3.05, 3.63) is 29.8 Å². The minimum absolute atomic E-state index is 0.0130. The summed E-state index contributed by atoms with van der Waals surface area (Å²) in [6.07, 6.45) is -4.38. The molecular weight excluding hydrogens is 281 g/mol. The van der Waals surface area contributed by atoms with Crippen LogP contribution in [0.1, 0.15) is 25.3 Å². The van der Waals surface area contributed by atoms with E-state index in [-0.39, 0.29) is 12.5 Å². The van der Waals surface area contributed by atoms with E-state index in [1.54, 1.807) is 26.0 Å². The third-order valence-corrected chi connectivity index (χ3v) is 3.40. The molecule has 0 radical (unpaired) electrons. The molecule has 1 aliphatic heterocycles. The van der Waals surface area contributed by atoms with Crippen LogP contribution in [0.3, 0.4) is 0 Å². The fourth-order valence-electron chi connectivity index (χ4n) is 2.61. The highest BCUT2D eigenvalue weighted by Crippen LogP contribution is 2.33. The first-order valence-corrected chi connectivity index (χ1v) is 6.96. The second-order valence-electron chi connectivity index (χ2n) is 5.75. The second kappa shape index (κ2) is 5.95. The first kappa shape index (κ1) is 15.7. The molecule has 0 saturated heterocycles. The molecule has 116 valence electrons. The van der Waals surface area contributed by atoms with Crippen LogP contribution in [0.15, 0.2) is 24.3 Å². The van der Waals surface area contributed by atoms with Crippen LogP contribution in [0.5, 0.6) is 0 Å². The highest BCUT2D eigenvalue weighted by atomic mass is 19.4. The Balaban J connectivity index is 2.19. The Bertz CT molecular complexity index is 514. The number of alkyl halides is 3. The molecule has 1 amide bonds. The Morgan fingerprint density at radius 2 is 2.05 bits per heavy atom. The summed E-state index contributed by atoms with van der Waals surface area (Å²) in [4.78, 5) is 13.4. The predicted molar refractivity (Wildman–Crippen MR) is 75.1 cm³/mol. The van der Waals surface area contributed by atoms with E-state index in [0.29, 0.717) is 6.54 Å². The monoisotopic (exact) mass is 300 g/mol. The van der Waals surface area contributed by atoms with Crippen molar-refractivity contribution in [1.82, 2.24) is 4.90 Å². The van der Waals surface area contributed by atoms with E-state index in [0.717, 1.165) is 16.2 Å². The average molecular weight is 300 g/mol. The molecule has 0 spiro atoms. The SMILES string of the molecule is CC(C)CN(CC(F)(F)F)C(=O)C1CNc2ccccc21. The lowest BCUT2D eigenvalue weighted by Gasteiger charge is -2.28. The molecule has 1 aliphatic rings. The Morgan fingerprint density at radius 1 is 1.38 bits per heavy atom. The zero-order valence-corrected chi connectivity index (χ0v) is 12.1. The zero-order valence-electron chi connectivity index (χ0n) is 12.1. The topological polar surface area (TPSA) is 32.3 Å². The van der Waals surface area contributed by atoms with Crippen LogP contribution in [0.4, 0.5) is 18.9 Å². The molecule has 1 unspecified atom stereocenters. The zero-order chi connectivity index (χ0) is 15.6. The molecule has 6 heteroatoms. The standard InChI is InChI=1S/C15H19F3N2O/c1-10(2)8-20(9-15(16,17)18)14(21)12-7-19-13-6-4-3-5-11(12)13/h3-6,10,12,19H,7-9H2,1-2H3. The first-order valence-electron chi connectivity index (χ1n) is 6.96. The molecule has 0 aromatic heterocycles.